The molecular weight excluding hydrogens is 258 g/mol. The molecule has 2 atom stereocenters. The van der Waals surface area contributed by atoms with Crippen molar-refractivity contribution in [2.45, 2.75) is 32.2 Å². The van der Waals surface area contributed by atoms with Crippen molar-refractivity contribution >= 4 is 11.9 Å². The van der Waals surface area contributed by atoms with Gasteiger partial charge >= 0.3 is 11.9 Å². The third-order valence-electron chi connectivity index (χ3n) is 3.03. The van der Waals surface area contributed by atoms with E-state index in [1.807, 2.05) is 30.3 Å². The Bertz CT molecular complexity index is 433. The number of hydrogen-bond donors (Lipinski definition) is 2. The lowest BCUT2D eigenvalue weighted by atomic mass is 9.95. The number of esters is 1. The zero-order valence-corrected chi connectivity index (χ0v) is 11.8. The van der Waals surface area contributed by atoms with Crippen LogP contribution in [0.5, 0.6) is 0 Å². The van der Waals surface area contributed by atoms with E-state index in [1.54, 1.807) is 13.8 Å². The number of benzene rings is 1. The van der Waals surface area contributed by atoms with Gasteiger partial charge in [-0.2, -0.15) is 0 Å². The molecule has 1 aromatic carbocycles. The van der Waals surface area contributed by atoms with Crippen LogP contribution in [0.2, 0.25) is 0 Å². The SMILES string of the molecule is CCOC(=O)C(CCN[C@H](C)C(=O)O)c1ccccc1. The first kappa shape index (κ1) is 16.2. The van der Waals surface area contributed by atoms with Crippen LogP contribution in [0.1, 0.15) is 31.7 Å². The minimum Gasteiger partial charge on any atom is -0.480 e. The lowest BCUT2D eigenvalue weighted by molar-refractivity contribution is -0.145. The van der Waals surface area contributed by atoms with Gasteiger partial charge < -0.3 is 15.2 Å². The third-order valence-corrected chi connectivity index (χ3v) is 3.03. The normalized spacial score (nSPS) is 13.5. The largest absolute Gasteiger partial charge is 0.480 e. The first-order valence-corrected chi connectivity index (χ1v) is 6.74. The van der Waals surface area contributed by atoms with Crippen LogP contribution in [0, 0.1) is 0 Å². The molecule has 20 heavy (non-hydrogen) atoms. The van der Waals surface area contributed by atoms with Gasteiger partial charge in [0.15, 0.2) is 0 Å². The maximum Gasteiger partial charge on any atom is 0.320 e. The fraction of sp³-hybridized carbons (Fsp3) is 0.467. The van der Waals surface area contributed by atoms with Gasteiger partial charge in [0, 0.05) is 0 Å². The molecule has 0 fully saturated rings. The minimum atomic E-state index is -0.905. The highest BCUT2D eigenvalue weighted by Crippen LogP contribution is 2.20. The first-order chi connectivity index (χ1) is 9.56. The smallest absolute Gasteiger partial charge is 0.320 e. The number of carbonyl (C=O) groups is 2. The molecule has 0 saturated heterocycles. The standard InChI is InChI=1S/C15H21NO4/c1-3-20-15(19)13(12-7-5-4-6-8-12)9-10-16-11(2)14(17)18/h4-8,11,13,16H,3,9-10H2,1-2H3,(H,17,18)/t11-,13?/m1/s1. The summed E-state index contributed by atoms with van der Waals surface area (Å²) < 4.78 is 5.08. The van der Waals surface area contributed by atoms with Crippen molar-refractivity contribution in [3.63, 3.8) is 0 Å². The molecule has 0 spiro atoms. The molecule has 1 unspecified atom stereocenters. The Labute approximate surface area is 118 Å². The lowest BCUT2D eigenvalue weighted by Crippen LogP contribution is -2.35. The monoisotopic (exact) mass is 279 g/mol. The molecule has 110 valence electrons. The maximum atomic E-state index is 12.0. The molecule has 0 saturated carbocycles. The Balaban J connectivity index is 2.65. The van der Waals surface area contributed by atoms with E-state index in [-0.39, 0.29) is 11.9 Å². The molecule has 0 aliphatic rings. The van der Waals surface area contributed by atoms with Gasteiger partial charge in [0.05, 0.1) is 12.5 Å². The second-order valence-electron chi connectivity index (χ2n) is 4.52. The van der Waals surface area contributed by atoms with Crippen LogP contribution >= 0.6 is 0 Å². The summed E-state index contributed by atoms with van der Waals surface area (Å²) in [6, 6.07) is 8.75. The number of ether oxygens (including phenoxy) is 1. The molecule has 0 heterocycles. The molecule has 2 N–H and O–H groups in total. The maximum absolute atomic E-state index is 12.0. The summed E-state index contributed by atoms with van der Waals surface area (Å²) in [5.74, 6) is -1.55. The summed E-state index contributed by atoms with van der Waals surface area (Å²) in [6.07, 6.45) is 0.500. The van der Waals surface area contributed by atoms with Gasteiger partial charge in [-0.25, -0.2) is 0 Å². The Morgan fingerprint density at radius 1 is 1.30 bits per heavy atom. The molecule has 0 amide bonds. The molecule has 5 nitrogen and oxygen atoms in total. The van der Waals surface area contributed by atoms with Gasteiger partial charge in [0.25, 0.3) is 0 Å². The lowest BCUT2D eigenvalue weighted by Gasteiger charge is -2.17. The second-order valence-corrected chi connectivity index (χ2v) is 4.52. The van der Waals surface area contributed by atoms with E-state index in [9.17, 15) is 9.59 Å². The Morgan fingerprint density at radius 3 is 2.50 bits per heavy atom. The van der Waals surface area contributed by atoms with Crippen LogP contribution in [0.15, 0.2) is 30.3 Å². The number of carboxylic acids is 1. The zero-order valence-electron chi connectivity index (χ0n) is 11.8. The van der Waals surface area contributed by atoms with Gasteiger partial charge in [-0.15, -0.1) is 0 Å². The summed E-state index contributed by atoms with van der Waals surface area (Å²) in [5.41, 5.74) is 0.885. The van der Waals surface area contributed by atoms with Crippen molar-refractivity contribution in [3.05, 3.63) is 35.9 Å². The van der Waals surface area contributed by atoms with Crippen LogP contribution < -0.4 is 5.32 Å². The number of rotatable bonds is 8. The van der Waals surface area contributed by atoms with Crippen LogP contribution in [-0.2, 0) is 14.3 Å². The highest BCUT2D eigenvalue weighted by atomic mass is 16.5. The van der Waals surface area contributed by atoms with E-state index in [2.05, 4.69) is 5.32 Å². The van der Waals surface area contributed by atoms with Crippen molar-refractivity contribution in [2.75, 3.05) is 13.2 Å². The Morgan fingerprint density at radius 2 is 1.95 bits per heavy atom. The fourth-order valence-electron chi connectivity index (χ4n) is 1.88. The van der Waals surface area contributed by atoms with Crippen molar-refractivity contribution in [1.82, 2.24) is 5.32 Å². The van der Waals surface area contributed by atoms with Crippen molar-refractivity contribution in [3.8, 4) is 0 Å². The summed E-state index contributed by atoms with van der Waals surface area (Å²) in [6.45, 7) is 4.11. The molecule has 0 bridgehead atoms. The zero-order chi connectivity index (χ0) is 15.0. The Hall–Kier alpha value is -1.88. The van der Waals surface area contributed by atoms with E-state index in [0.717, 1.165) is 5.56 Å². The Kier molecular flexibility index (Phi) is 6.73. The predicted octanol–water partition coefficient (Wildman–Crippen LogP) is 1.79. The van der Waals surface area contributed by atoms with E-state index in [4.69, 9.17) is 9.84 Å². The summed E-state index contributed by atoms with van der Waals surface area (Å²) in [7, 11) is 0. The molecule has 0 aliphatic carbocycles. The van der Waals surface area contributed by atoms with Gasteiger partial charge in [-0.1, -0.05) is 30.3 Å². The van der Waals surface area contributed by atoms with Crippen LogP contribution in [0.3, 0.4) is 0 Å². The number of hydrogen-bond acceptors (Lipinski definition) is 4. The van der Waals surface area contributed by atoms with Gasteiger partial charge in [-0.05, 0) is 32.4 Å². The number of carbonyl (C=O) groups excluding carboxylic acids is 1. The molecule has 0 radical (unpaired) electrons. The third kappa shape index (κ3) is 5.01. The van der Waals surface area contributed by atoms with Crippen molar-refractivity contribution in [2.24, 2.45) is 0 Å². The van der Waals surface area contributed by atoms with Gasteiger partial charge in [0.2, 0.25) is 0 Å². The number of carboxylic acid groups (broad SMARTS) is 1. The first-order valence-electron chi connectivity index (χ1n) is 6.74. The minimum absolute atomic E-state index is 0.275. The highest BCUT2D eigenvalue weighted by molar-refractivity contribution is 5.78. The molecule has 1 aromatic rings. The van der Waals surface area contributed by atoms with Crippen LogP contribution in [-0.4, -0.2) is 36.2 Å². The predicted molar refractivity (Wildman–Crippen MR) is 75.5 cm³/mol. The quantitative estimate of drug-likeness (QED) is 0.709. The van der Waals surface area contributed by atoms with Gasteiger partial charge in [-0.3, -0.25) is 9.59 Å². The van der Waals surface area contributed by atoms with E-state index >= 15 is 0 Å². The molecule has 0 aromatic heterocycles. The molecule has 0 aliphatic heterocycles. The van der Waals surface area contributed by atoms with E-state index < -0.39 is 12.0 Å². The van der Waals surface area contributed by atoms with Crippen molar-refractivity contribution in [1.29, 1.82) is 0 Å². The fourth-order valence-corrected chi connectivity index (χ4v) is 1.88. The average Bonchev–Trinajstić information content (AvgIpc) is 2.44. The van der Waals surface area contributed by atoms with Gasteiger partial charge in [0.1, 0.15) is 6.04 Å². The van der Waals surface area contributed by atoms with Crippen molar-refractivity contribution < 1.29 is 19.4 Å². The number of aliphatic carboxylic acids is 1. The summed E-state index contributed by atoms with van der Waals surface area (Å²) >= 11 is 0. The van der Waals surface area contributed by atoms with E-state index in [0.29, 0.717) is 19.6 Å². The summed E-state index contributed by atoms with van der Waals surface area (Å²) in [5, 5.41) is 11.7. The molecular formula is C15H21NO4. The second kappa shape index (κ2) is 8.32. The van der Waals surface area contributed by atoms with Crippen LogP contribution in [0.25, 0.3) is 0 Å². The summed E-state index contributed by atoms with van der Waals surface area (Å²) in [4.78, 5) is 22.7. The topological polar surface area (TPSA) is 75.6 Å². The number of nitrogens with one attached hydrogen (secondary N) is 1. The molecule has 5 heteroatoms. The highest BCUT2D eigenvalue weighted by Gasteiger charge is 2.22. The molecule has 1 rings (SSSR count). The van der Waals surface area contributed by atoms with Crippen LogP contribution in [0.4, 0.5) is 0 Å². The average molecular weight is 279 g/mol. The van der Waals surface area contributed by atoms with E-state index in [1.165, 1.54) is 0 Å².